The number of ether oxygens (including phenoxy) is 1. The molecule has 25 heavy (non-hydrogen) atoms. The van der Waals surface area contributed by atoms with Crippen molar-refractivity contribution in [2.24, 2.45) is 0 Å². The third-order valence-electron chi connectivity index (χ3n) is 3.84. The van der Waals surface area contributed by atoms with Crippen LogP contribution < -0.4 is 5.32 Å². The first-order chi connectivity index (χ1) is 12.0. The summed E-state index contributed by atoms with van der Waals surface area (Å²) in [6.07, 6.45) is 0.602. The number of aromatic nitrogens is 1. The number of likely N-dealkylation sites (tertiary alicyclic amines) is 1. The van der Waals surface area contributed by atoms with Gasteiger partial charge < -0.3 is 15.0 Å². The van der Waals surface area contributed by atoms with E-state index < -0.39 is 12.0 Å². The highest BCUT2D eigenvalue weighted by Gasteiger charge is 2.32. The van der Waals surface area contributed by atoms with E-state index in [1.54, 1.807) is 17.0 Å². The van der Waals surface area contributed by atoms with Crippen LogP contribution in [-0.4, -0.2) is 41.5 Å². The molecule has 1 saturated heterocycles. The van der Waals surface area contributed by atoms with Crippen LogP contribution >= 0.6 is 22.9 Å². The largest absolute Gasteiger partial charge is 0.465 e. The van der Waals surface area contributed by atoms with Crippen LogP contribution in [-0.2, 0) is 16.1 Å². The van der Waals surface area contributed by atoms with Gasteiger partial charge in [-0.1, -0.05) is 35.1 Å². The minimum absolute atomic E-state index is 0.0490. The zero-order chi connectivity index (χ0) is 18.0. The van der Waals surface area contributed by atoms with Crippen molar-refractivity contribution in [1.29, 1.82) is 0 Å². The fourth-order valence-corrected chi connectivity index (χ4v) is 3.73. The highest BCUT2D eigenvalue weighted by atomic mass is 35.5. The van der Waals surface area contributed by atoms with Crippen LogP contribution in [0.1, 0.15) is 21.7 Å². The Bertz CT molecular complexity index is 796. The number of anilines is 1. The van der Waals surface area contributed by atoms with Crippen LogP contribution in [0.5, 0.6) is 0 Å². The number of carbonyl (C=O) groups excluding carboxylic acids is 2. The van der Waals surface area contributed by atoms with Gasteiger partial charge in [-0.2, -0.15) is 0 Å². The zero-order valence-electron chi connectivity index (χ0n) is 13.3. The van der Waals surface area contributed by atoms with E-state index in [9.17, 15) is 14.0 Å². The van der Waals surface area contributed by atoms with Crippen molar-refractivity contribution in [1.82, 2.24) is 9.88 Å². The second-order valence-electron chi connectivity index (χ2n) is 5.50. The lowest BCUT2D eigenvalue weighted by molar-refractivity contribution is -0.128. The molecule has 1 aromatic carbocycles. The normalized spacial score (nSPS) is 17.0. The molecule has 1 aliphatic rings. The average Bonchev–Trinajstić information content (AvgIpc) is 3.13. The fourth-order valence-electron chi connectivity index (χ4n) is 2.57. The topological polar surface area (TPSA) is 71.5 Å². The molecule has 0 bridgehead atoms. The predicted molar refractivity (Wildman–Crippen MR) is 92.3 cm³/mol. The Morgan fingerprint density at radius 3 is 2.88 bits per heavy atom. The van der Waals surface area contributed by atoms with E-state index in [0.717, 1.165) is 16.9 Å². The first-order valence-corrected chi connectivity index (χ1v) is 8.72. The minimum atomic E-state index is -0.564. The number of halogens is 2. The monoisotopic (exact) mass is 383 g/mol. The average molecular weight is 384 g/mol. The molecule has 1 aliphatic heterocycles. The molecule has 3 rings (SSSR count). The van der Waals surface area contributed by atoms with Crippen LogP contribution in [0.3, 0.4) is 0 Å². The molecule has 1 unspecified atom stereocenters. The highest BCUT2D eigenvalue weighted by molar-refractivity contribution is 7.18. The van der Waals surface area contributed by atoms with E-state index in [2.05, 4.69) is 15.0 Å². The molecular weight excluding hydrogens is 369 g/mol. The quantitative estimate of drug-likeness (QED) is 0.804. The number of carbonyl (C=O) groups is 2. The lowest BCUT2D eigenvalue weighted by atomic mass is 10.2. The van der Waals surface area contributed by atoms with Gasteiger partial charge in [-0.15, -0.1) is 0 Å². The zero-order valence-corrected chi connectivity index (χ0v) is 14.9. The van der Waals surface area contributed by atoms with Crippen LogP contribution in [0.2, 0.25) is 5.15 Å². The Hall–Kier alpha value is -2.19. The van der Waals surface area contributed by atoms with Gasteiger partial charge in [0.2, 0.25) is 5.91 Å². The molecular formula is C16H15ClFN3O3S. The van der Waals surface area contributed by atoms with Crippen molar-refractivity contribution in [3.63, 3.8) is 0 Å². The Balaban J connectivity index is 1.64. The molecule has 1 aromatic heterocycles. The lowest BCUT2D eigenvalue weighted by Gasteiger charge is -2.17. The van der Waals surface area contributed by atoms with Gasteiger partial charge >= 0.3 is 5.97 Å². The van der Waals surface area contributed by atoms with Gasteiger partial charge in [0.15, 0.2) is 15.2 Å². The van der Waals surface area contributed by atoms with Crippen molar-refractivity contribution in [3.05, 3.63) is 45.7 Å². The molecule has 2 aromatic rings. The van der Waals surface area contributed by atoms with Crippen LogP contribution in [0.4, 0.5) is 9.52 Å². The second-order valence-corrected chi connectivity index (χ2v) is 6.86. The Labute approximate surface area is 152 Å². The van der Waals surface area contributed by atoms with Gasteiger partial charge in [-0.3, -0.25) is 4.79 Å². The van der Waals surface area contributed by atoms with Gasteiger partial charge in [0.1, 0.15) is 11.9 Å². The number of esters is 1. The number of nitrogens with one attached hydrogen (secondary N) is 1. The maximum Gasteiger partial charge on any atom is 0.351 e. The van der Waals surface area contributed by atoms with E-state index >= 15 is 0 Å². The maximum atomic E-state index is 13.0. The van der Waals surface area contributed by atoms with Crippen molar-refractivity contribution < 1.29 is 18.7 Å². The number of amides is 1. The summed E-state index contributed by atoms with van der Waals surface area (Å²) < 4.78 is 17.6. The fraction of sp³-hybridized carbons (Fsp3) is 0.312. The lowest BCUT2D eigenvalue weighted by Crippen LogP contribution is -2.33. The number of rotatable bonds is 5. The van der Waals surface area contributed by atoms with Crippen molar-refractivity contribution in [2.75, 3.05) is 19.0 Å². The van der Waals surface area contributed by atoms with Crippen LogP contribution in [0.25, 0.3) is 0 Å². The first-order valence-electron chi connectivity index (χ1n) is 7.52. The smallest absolute Gasteiger partial charge is 0.351 e. The van der Waals surface area contributed by atoms with Crippen molar-refractivity contribution >= 4 is 39.9 Å². The summed E-state index contributed by atoms with van der Waals surface area (Å²) in [5, 5.41) is 3.46. The second kappa shape index (κ2) is 7.37. The molecule has 1 N–H and O–H groups in total. The van der Waals surface area contributed by atoms with Gasteiger partial charge in [-0.25, -0.2) is 14.2 Å². The van der Waals surface area contributed by atoms with Crippen molar-refractivity contribution in [2.45, 2.75) is 19.0 Å². The van der Waals surface area contributed by atoms with E-state index in [4.69, 9.17) is 11.6 Å². The van der Waals surface area contributed by atoms with Gasteiger partial charge in [0, 0.05) is 13.1 Å². The number of nitrogens with zero attached hydrogens (tertiary/aromatic N) is 2. The molecule has 6 nitrogen and oxygen atoms in total. The van der Waals surface area contributed by atoms with E-state index in [1.807, 2.05) is 0 Å². The number of hydrogen-bond acceptors (Lipinski definition) is 6. The Morgan fingerprint density at radius 2 is 2.20 bits per heavy atom. The molecule has 132 valence electrons. The molecule has 9 heteroatoms. The number of hydrogen-bond donors (Lipinski definition) is 1. The van der Waals surface area contributed by atoms with E-state index in [1.165, 1.54) is 19.2 Å². The summed E-state index contributed by atoms with van der Waals surface area (Å²) in [6.45, 7) is 1.00. The minimum Gasteiger partial charge on any atom is -0.465 e. The molecule has 2 heterocycles. The molecule has 1 fully saturated rings. The van der Waals surface area contributed by atoms with E-state index in [0.29, 0.717) is 24.6 Å². The van der Waals surface area contributed by atoms with Crippen molar-refractivity contribution in [3.8, 4) is 0 Å². The summed E-state index contributed by atoms with van der Waals surface area (Å²) in [6, 6.07) is 5.63. The maximum absolute atomic E-state index is 13.0. The Kier molecular flexibility index (Phi) is 5.19. The molecule has 0 aliphatic carbocycles. The molecule has 0 radical (unpaired) electrons. The van der Waals surface area contributed by atoms with Crippen LogP contribution in [0, 0.1) is 5.82 Å². The van der Waals surface area contributed by atoms with Gasteiger partial charge in [0.25, 0.3) is 0 Å². The summed E-state index contributed by atoms with van der Waals surface area (Å²) in [7, 11) is 1.26. The third kappa shape index (κ3) is 3.91. The molecule has 0 saturated carbocycles. The highest BCUT2D eigenvalue weighted by Crippen LogP contribution is 2.29. The van der Waals surface area contributed by atoms with Gasteiger partial charge in [-0.05, 0) is 24.1 Å². The standard InChI is InChI=1S/C16H15ClFN3O3S/c1-24-15(23)12-13(17)20-16(25-12)19-11-6-7-21(14(11)22)8-9-2-4-10(18)5-3-9/h2-5,11H,6-8H2,1H3,(H,19,20). The number of methoxy groups -OCH3 is 1. The first kappa shape index (κ1) is 17.6. The Morgan fingerprint density at radius 1 is 1.48 bits per heavy atom. The van der Waals surface area contributed by atoms with Crippen LogP contribution in [0.15, 0.2) is 24.3 Å². The van der Waals surface area contributed by atoms with Gasteiger partial charge in [0.05, 0.1) is 7.11 Å². The molecule has 0 spiro atoms. The summed E-state index contributed by atoms with van der Waals surface area (Å²) in [5.74, 6) is -0.945. The summed E-state index contributed by atoms with van der Waals surface area (Å²) in [4.78, 5) is 30.0. The van der Waals surface area contributed by atoms with E-state index in [-0.39, 0.29) is 21.8 Å². The summed E-state index contributed by atoms with van der Waals surface area (Å²) in [5.41, 5.74) is 0.862. The number of benzene rings is 1. The predicted octanol–water partition coefficient (Wildman–Crippen LogP) is 2.94. The number of thiazole rings is 1. The SMILES string of the molecule is COC(=O)c1sc(NC2CCN(Cc3ccc(F)cc3)C2=O)nc1Cl. The molecule has 1 amide bonds. The summed E-state index contributed by atoms with van der Waals surface area (Å²) >= 11 is 6.97. The third-order valence-corrected chi connectivity index (χ3v) is 5.19. The molecule has 1 atom stereocenters.